The molecule has 0 spiro atoms. The zero-order chi connectivity index (χ0) is 14.6. The topological polar surface area (TPSA) is 58.4 Å². The van der Waals surface area contributed by atoms with Crippen molar-refractivity contribution in [2.24, 2.45) is 0 Å². The van der Waals surface area contributed by atoms with Crippen LogP contribution in [0.25, 0.3) is 0 Å². The summed E-state index contributed by atoms with van der Waals surface area (Å²) in [4.78, 5) is 14.4. The maximum absolute atomic E-state index is 12.3. The lowest BCUT2D eigenvalue weighted by Crippen LogP contribution is -2.45. The fraction of sp³-hybridized carbons (Fsp3) is 0.533. The zero-order valence-electron chi connectivity index (χ0n) is 12.5. The largest absolute Gasteiger partial charge is 0.399 e. The summed E-state index contributed by atoms with van der Waals surface area (Å²) in [6, 6.07) is 5.72. The molecule has 1 rings (SSSR count). The van der Waals surface area contributed by atoms with Gasteiger partial charge in [-0.1, -0.05) is 13.0 Å². The summed E-state index contributed by atoms with van der Waals surface area (Å²) in [6.07, 6.45) is 0. The highest BCUT2D eigenvalue weighted by Crippen LogP contribution is 2.19. The van der Waals surface area contributed by atoms with Crippen LogP contribution < -0.4 is 11.1 Å². The molecule has 0 heterocycles. The molecule has 0 radical (unpaired) electrons. The smallest absolute Gasteiger partial charge is 0.241 e. The highest BCUT2D eigenvalue weighted by molar-refractivity contribution is 5.95. The number of likely N-dealkylation sites (N-methyl/N-ethyl adjacent to an activating group) is 1. The first-order chi connectivity index (χ1) is 8.86. The molecule has 1 unspecified atom stereocenters. The van der Waals surface area contributed by atoms with Crippen LogP contribution in [0.4, 0.5) is 11.4 Å². The van der Waals surface area contributed by atoms with Crippen molar-refractivity contribution in [3.8, 4) is 0 Å². The molecule has 1 atom stereocenters. The SMILES string of the molecule is CCN(C(C)C)C(C)C(=O)Nc1cc(N)ccc1C. The average Bonchev–Trinajstić information content (AvgIpc) is 2.34. The Kier molecular flexibility index (Phi) is 5.36. The number of anilines is 2. The predicted molar refractivity (Wildman–Crippen MR) is 81.2 cm³/mol. The van der Waals surface area contributed by atoms with Crippen LogP contribution in [-0.4, -0.2) is 29.4 Å². The van der Waals surface area contributed by atoms with Gasteiger partial charge in [-0.3, -0.25) is 9.69 Å². The number of benzene rings is 1. The number of rotatable bonds is 5. The lowest BCUT2D eigenvalue weighted by atomic mass is 10.1. The normalized spacial score (nSPS) is 12.8. The van der Waals surface area contributed by atoms with Crippen molar-refractivity contribution in [1.29, 1.82) is 0 Å². The Morgan fingerprint density at radius 3 is 2.53 bits per heavy atom. The number of amides is 1. The molecule has 0 aromatic heterocycles. The number of carbonyl (C=O) groups excluding carboxylic acids is 1. The van der Waals surface area contributed by atoms with E-state index < -0.39 is 0 Å². The fourth-order valence-corrected chi connectivity index (χ4v) is 2.25. The summed E-state index contributed by atoms with van der Waals surface area (Å²) < 4.78 is 0. The van der Waals surface area contributed by atoms with Crippen LogP contribution in [0.3, 0.4) is 0 Å². The van der Waals surface area contributed by atoms with Gasteiger partial charge in [0.2, 0.25) is 5.91 Å². The van der Waals surface area contributed by atoms with Crippen LogP contribution in [0.1, 0.15) is 33.3 Å². The molecule has 19 heavy (non-hydrogen) atoms. The molecule has 0 aliphatic carbocycles. The quantitative estimate of drug-likeness (QED) is 0.803. The average molecular weight is 263 g/mol. The number of aryl methyl sites for hydroxylation is 1. The number of carbonyl (C=O) groups is 1. The second-order valence-electron chi connectivity index (χ2n) is 5.16. The molecule has 0 saturated heterocycles. The van der Waals surface area contributed by atoms with Crippen molar-refractivity contribution in [3.63, 3.8) is 0 Å². The lowest BCUT2D eigenvalue weighted by molar-refractivity contribution is -0.121. The van der Waals surface area contributed by atoms with Gasteiger partial charge in [0.1, 0.15) is 0 Å². The Morgan fingerprint density at radius 1 is 1.37 bits per heavy atom. The second kappa shape index (κ2) is 6.57. The number of hydrogen-bond donors (Lipinski definition) is 2. The van der Waals surface area contributed by atoms with E-state index in [9.17, 15) is 4.79 Å². The van der Waals surface area contributed by atoms with Crippen molar-refractivity contribution in [2.75, 3.05) is 17.6 Å². The first-order valence-electron chi connectivity index (χ1n) is 6.79. The van der Waals surface area contributed by atoms with Gasteiger partial charge in [0, 0.05) is 17.4 Å². The molecule has 0 fully saturated rings. The van der Waals surface area contributed by atoms with Crippen LogP contribution in [0, 0.1) is 6.92 Å². The minimum atomic E-state index is -0.161. The number of nitrogens with one attached hydrogen (secondary N) is 1. The third-order valence-electron chi connectivity index (χ3n) is 3.42. The lowest BCUT2D eigenvalue weighted by Gasteiger charge is -2.30. The van der Waals surface area contributed by atoms with E-state index in [1.165, 1.54) is 0 Å². The molecule has 106 valence electrons. The maximum atomic E-state index is 12.3. The number of nitrogens with zero attached hydrogens (tertiary/aromatic N) is 1. The Balaban J connectivity index is 2.81. The van der Waals surface area contributed by atoms with Gasteiger partial charge >= 0.3 is 0 Å². The van der Waals surface area contributed by atoms with Gasteiger partial charge in [-0.25, -0.2) is 0 Å². The number of nitrogen functional groups attached to an aromatic ring is 1. The van der Waals surface area contributed by atoms with Crippen LogP contribution in [-0.2, 0) is 4.79 Å². The van der Waals surface area contributed by atoms with Gasteiger partial charge < -0.3 is 11.1 Å². The molecule has 1 amide bonds. The summed E-state index contributed by atoms with van der Waals surface area (Å²) in [5, 5.41) is 2.96. The molecule has 0 bridgehead atoms. The molecule has 0 aliphatic rings. The van der Waals surface area contributed by atoms with E-state index in [-0.39, 0.29) is 11.9 Å². The van der Waals surface area contributed by atoms with Crippen LogP contribution >= 0.6 is 0 Å². The molecule has 0 aliphatic heterocycles. The van der Waals surface area contributed by atoms with E-state index in [1.54, 1.807) is 6.07 Å². The monoisotopic (exact) mass is 263 g/mol. The fourth-order valence-electron chi connectivity index (χ4n) is 2.25. The summed E-state index contributed by atoms with van der Waals surface area (Å²) in [7, 11) is 0. The second-order valence-corrected chi connectivity index (χ2v) is 5.16. The molecule has 4 nitrogen and oxygen atoms in total. The van der Waals surface area contributed by atoms with Crippen molar-refractivity contribution in [1.82, 2.24) is 4.90 Å². The van der Waals surface area contributed by atoms with Crippen LogP contribution in [0.15, 0.2) is 18.2 Å². The molecule has 3 N–H and O–H groups in total. The van der Waals surface area contributed by atoms with Gasteiger partial charge in [0.25, 0.3) is 0 Å². The van der Waals surface area contributed by atoms with Crippen molar-refractivity contribution in [2.45, 2.75) is 46.7 Å². The van der Waals surface area contributed by atoms with Crippen LogP contribution in [0.2, 0.25) is 0 Å². The molecule has 4 heteroatoms. The van der Waals surface area contributed by atoms with E-state index in [4.69, 9.17) is 5.73 Å². The standard InChI is InChI=1S/C15H25N3O/c1-6-18(10(2)3)12(5)15(19)17-14-9-13(16)8-7-11(14)4/h7-10,12H,6,16H2,1-5H3,(H,17,19). The van der Waals surface area contributed by atoms with Gasteiger partial charge in [-0.15, -0.1) is 0 Å². The van der Waals surface area contributed by atoms with E-state index >= 15 is 0 Å². The van der Waals surface area contributed by atoms with Gasteiger partial charge in [0.05, 0.1) is 6.04 Å². The van der Waals surface area contributed by atoms with Gasteiger partial charge in [0.15, 0.2) is 0 Å². The third-order valence-corrected chi connectivity index (χ3v) is 3.42. The van der Waals surface area contributed by atoms with Crippen molar-refractivity contribution in [3.05, 3.63) is 23.8 Å². The highest BCUT2D eigenvalue weighted by Gasteiger charge is 2.22. The summed E-state index contributed by atoms with van der Waals surface area (Å²) in [5.74, 6) is 0.00394. The van der Waals surface area contributed by atoms with E-state index in [0.29, 0.717) is 11.7 Å². The van der Waals surface area contributed by atoms with Crippen molar-refractivity contribution >= 4 is 17.3 Å². The molecule has 1 aromatic carbocycles. The summed E-state index contributed by atoms with van der Waals surface area (Å²) in [5.41, 5.74) is 8.21. The Bertz CT molecular complexity index is 443. The third kappa shape index (κ3) is 3.96. The van der Waals surface area contributed by atoms with Crippen LogP contribution in [0.5, 0.6) is 0 Å². The summed E-state index contributed by atoms with van der Waals surface area (Å²) in [6.45, 7) is 11.0. The van der Waals surface area contributed by atoms with Gasteiger partial charge in [-0.05, 0) is 51.9 Å². The zero-order valence-corrected chi connectivity index (χ0v) is 12.5. The minimum absolute atomic E-state index is 0.00394. The molecule has 0 saturated carbocycles. The minimum Gasteiger partial charge on any atom is -0.399 e. The van der Waals surface area contributed by atoms with Crippen molar-refractivity contribution < 1.29 is 4.79 Å². The Hall–Kier alpha value is -1.55. The van der Waals surface area contributed by atoms with E-state index in [1.807, 2.05) is 26.0 Å². The predicted octanol–water partition coefficient (Wildman–Crippen LogP) is 2.63. The van der Waals surface area contributed by atoms with Gasteiger partial charge in [-0.2, -0.15) is 0 Å². The molecule has 1 aromatic rings. The first kappa shape index (κ1) is 15.5. The number of hydrogen-bond acceptors (Lipinski definition) is 3. The van der Waals surface area contributed by atoms with E-state index in [2.05, 4.69) is 31.0 Å². The molecular formula is C15H25N3O. The Labute approximate surface area is 116 Å². The first-order valence-corrected chi connectivity index (χ1v) is 6.79. The number of nitrogens with two attached hydrogens (primary N) is 1. The highest BCUT2D eigenvalue weighted by atomic mass is 16.2. The maximum Gasteiger partial charge on any atom is 0.241 e. The Morgan fingerprint density at radius 2 is 2.00 bits per heavy atom. The van der Waals surface area contributed by atoms with E-state index in [0.717, 1.165) is 17.8 Å². The summed E-state index contributed by atoms with van der Waals surface area (Å²) >= 11 is 0. The molecular weight excluding hydrogens is 238 g/mol.